The SMILES string of the molecule is CN1CC(=O)N(c2ccsc2)C[C@]12CCN(C(=O)Nc1ccccc1F)C2. The molecule has 1 spiro atoms. The van der Waals surface area contributed by atoms with Gasteiger partial charge in [-0.3, -0.25) is 9.69 Å². The average molecular weight is 388 g/mol. The number of para-hydroxylation sites is 1. The van der Waals surface area contributed by atoms with Gasteiger partial charge >= 0.3 is 6.03 Å². The first-order valence-corrected chi connectivity index (χ1v) is 9.77. The molecule has 142 valence electrons. The number of hydrogen-bond acceptors (Lipinski definition) is 4. The minimum absolute atomic E-state index is 0.0655. The first kappa shape index (κ1) is 17.9. The lowest BCUT2D eigenvalue weighted by atomic mass is 9.93. The molecule has 1 aromatic heterocycles. The van der Waals surface area contributed by atoms with Crippen LogP contribution in [0.1, 0.15) is 6.42 Å². The first-order chi connectivity index (χ1) is 13.0. The molecule has 1 atom stereocenters. The van der Waals surface area contributed by atoms with Crippen molar-refractivity contribution in [2.24, 2.45) is 0 Å². The van der Waals surface area contributed by atoms with Crippen LogP contribution in [0.4, 0.5) is 20.6 Å². The molecule has 3 heterocycles. The molecule has 2 aliphatic heterocycles. The van der Waals surface area contributed by atoms with Gasteiger partial charge in [-0.25, -0.2) is 9.18 Å². The van der Waals surface area contributed by atoms with Crippen molar-refractivity contribution in [2.75, 3.05) is 43.4 Å². The highest BCUT2D eigenvalue weighted by Crippen LogP contribution is 2.34. The molecule has 2 saturated heterocycles. The van der Waals surface area contributed by atoms with Crippen molar-refractivity contribution in [1.29, 1.82) is 0 Å². The number of rotatable bonds is 2. The van der Waals surface area contributed by atoms with Crippen LogP contribution in [0, 0.1) is 5.82 Å². The zero-order valence-electron chi connectivity index (χ0n) is 15.0. The van der Waals surface area contributed by atoms with Crippen LogP contribution in [0.15, 0.2) is 41.1 Å². The van der Waals surface area contributed by atoms with Crippen LogP contribution in [0.5, 0.6) is 0 Å². The number of nitrogens with zero attached hydrogens (tertiary/aromatic N) is 3. The molecule has 0 bridgehead atoms. The quantitative estimate of drug-likeness (QED) is 0.861. The number of carbonyl (C=O) groups excluding carboxylic acids is 2. The lowest BCUT2D eigenvalue weighted by molar-refractivity contribution is -0.123. The predicted octanol–water partition coefficient (Wildman–Crippen LogP) is 2.84. The Kier molecular flexibility index (Phi) is 4.61. The zero-order chi connectivity index (χ0) is 19.0. The van der Waals surface area contributed by atoms with E-state index in [4.69, 9.17) is 0 Å². The van der Waals surface area contributed by atoms with Crippen molar-refractivity contribution in [1.82, 2.24) is 9.80 Å². The number of urea groups is 1. The Labute approximate surface area is 161 Å². The minimum Gasteiger partial charge on any atom is -0.323 e. The molecule has 1 N–H and O–H groups in total. The molecule has 1 aromatic carbocycles. The zero-order valence-corrected chi connectivity index (χ0v) is 15.8. The second-order valence-corrected chi connectivity index (χ2v) is 7.90. The van der Waals surface area contributed by atoms with E-state index in [-0.39, 0.29) is 23.2 Å². The van der Waals surface area contributed by atoms with E-state index in [2.05, 4.69) is 10.2 Å². The van der Waals surface area contributed by atoms with Crippen molar-refractivity contribution < 1.29 is 14.0 Å². The number of halogens is 1. The Morgan fingerprint density at radius 3 is 2.81 bits per heavy atom. The van der Waals surface area contributed by atoms with E-state index in [9.17, 15) is 14.0 Å². The van der Waals surface area contributed by atoms with Gasteiger partial charge in [0.25, 0.3) is 0 Å². The standard InChI is InChI=1S/C19H21FN4O2S/c1-22-10-17(25)24(14-6-9-27-11-14)13-19(22)7-8-23(12-19)18(26)21-16-5-3-2-4-15(16)20/h2-6,9,11H,7-8,10,12-13H2,1H3,(H,21,26)/t19-/m1/s1. The van der Waals surface area contributed by atoms with E-state index in [0.29, 0.717) is 26.2 Å². The van der Waals surface area contributed by atoms with Gasteiger partial charge in [-0.05, 0) is 37.0 Å². The Bertz CT molecular complexity index is 859. The van der Waals surface area contributed by atoms with E-state index >= 15 is 0 Å². The van der Waals surface area contributed by atoms with Crippen LogP contribution < -0.4 is 10.2 Å². The van der Waals surface area contributed by atoms with Gasteiger partial charge in [0.2, 0.25) is 5.91 Å². The topological polar surface area (TPSA) is 55.9 Å². The fourth-order valence-corrected chi connectivity index (χ4v) is 4.47. The normalized spacial score (nSPS) is 23.3. The number of thiophene rings is 1. The summed E-state index contributed by atoms with van der Waals surface area (Å²) in [5.74, 6) is -0.389. The smallest absolute Gasteiger partial charge is 0.321 e. The Balaban J connectivity index is 1.49. The van der Waals surface area contributed by atoms with Gasteiger partial charge < -0.3 is 15.1 Å². The number of benzene rings is 1. The van der Waals surface area contributed by atoms with Crippen LogP contribution in [-0.4, -0.2) is 60.5 Å². The molecule has 2 aliphatic rings. The van der Waals surface area contributed by atoms with Crippen molar-refractivity contribution in [3.05, 3.63) is 46.9 Å². The maximum Gasteiger partial charge on any atom is 0.321 e. The third-order valence-corrected chi connectivity index (χ3v) is 6.16. The van der Waals surface area contributed by atoms with Crippen molar-refractivity contribution >= 4 is 34.6 Å². The van der Waals surface area contributed by atoms with Gasteiger partial charge in [0, 0.05) is 25.0 Å². The molecule has 0 saturated carbocycles. The largest absolute Gasteiger partial charge is 0.323 e. The monoisotopic (exact) mass is 388 g/mol. The number of anilines is 2. The fraction of sp³-hybridized carbons (Fsp3) is 0.368. The van der Waals surface area contributed by atoms with E-state index in [0.717, 1.165) is 12.1 Å². The summed E-state index contributed by atoms with van der Waals surface area (Å²) < 4.78 is 13.8. The molecule has 6 nitrogen and oxygen atoms in total. The van der Waals surface area contributed by atoms with Gasteiger partial charge in [-0.1, -0.05) is 12.1 Å². The summed E-state index contributed by atoms with van der Waals surface area (Å²) >= 11 is 1.56. The summed E-state index contributed by atoms with van der Waals surface area (Å²) in [6.07, 6.45) is 0.766. The second-order valence-electron chi connectivity index (χ2n) is 7.12. The Morgan fingerprint density at radius 2 is 2.07 bits per heavy atom. The molecule has 4 rings (SSSR count). The highest BCUT2D eigenvalue weighted by Gasteiger charge is 2.48. The fourth-order valence-electron chi connectivity index (χ4n) is 3.83. The summed E-state index contributed by atoms with van der Waals surface area (Å²) in [6, 6.07) is 7.76. The molecule has 2 aromatic rings. The molecule has 3 amide bonds. The highest BCUT2D eigenvalue weighted by atomic mass is 32.1. The molecule has 8 heteroatoms. The number of likely N-dealkylation sites (N-methyl/N-ethyl adjacent to an activating group) is 1. The first-order valence-electron chi connectivity index (χ1n) is 8.83. The maximum absolute atomic E-state index is 13.8. The molecular weight excluding hydrogens is 367 g/mol. The minimum atomic E-state index is -0.455. The van der Waals surface area contributed by atoms with E-state index in [1.807, 2.05) is 28.8 Å². The third-order valence-electron chi connectivity index (χ3n) is 5.49. The predicted molar refractivity (Wildman–Crippen MR) is 104 cm³/mol. The van der Waals surface area contributed by atoms with Crippen molar-refractivity contribution in [2.45, 2.75) is 12.0 Å². The molecule has 27 heavy (non-hydrogen) atoms. The van der Waals surface area contributed by atoms with Crippen molar-refractivity contribution in [3.63, 3.8) is 0 Å². The summed E-state index contributed by atoms with van der Waals surface area (Å²) in [5.41, 5.74) is 0.796. The van der Waals surface area contributed by atoms with Crippen LogP contribution in [-0.2, 0) is 4.79 Å². The van der Waals surface area contributed by atoms with Crippen LogP contribution in [0.2, 0.25) is 0 Å². The summed E-state index contributed by atoms with van der Waals surface area (Å²) in [6.45, 7) is 1.93. The van der Waals surface area contributed by atoms with Gasteiger partial charge in [-0.2, -0.15) is 11.3 Å². The third kappa shape index (κ3) is 3.30. The van der Waals surface area contributed by atoms with E-state index in [1.54, 1.807) is 34.4 Å². The maximum atomic E-state index is 13.8. The summed E-state index contributed by atoms with van der Waals surface area (Å²) in [4.78, 5) is 30.7. The van der Waals surface area contributed by atoms with Gasteiger partial charge in [-0.15, -0.1) is 0 Å². The Hall–Kier alpha value is -2.45. The molecule has 2 fully saturated rings. The van der Waals surface area contributed by atoms with Crippen LogP contribution >= 0.6 is 11.3 Å². The molecule has 0 unspecified atom stereocenters. The lowest BCUT2D eigenvalue weighted by Crippen LogP contribution is -2.64. The van der Waals surface area contributed by atoms with Crippen LogP contribution in [0.3, 0.4) is 0 Å². The lowest BCUT2D eigenvalue weighted by Gasteiger charge is -2.46. The number of carbonyl (C=O) groups is 2. The molecule has 0 aliphatic carbocycles. The van der Waals surface area contributed by atoms with E-state index in [1.165, 1.54) is 6.07 Å². The van der Waals surface area contributed by atoms with Crippen LogP contribution in [0.25, 0.3) is 0 Å². The number of nitrogens with one attached hydrogen (secondary N) is 1. The summed E-state index contributed by atoms with van der Waals surface area (Å²) in [5, 5.41) is 6.57. The highest BCUT2D eigenvalue weighted by molar-refractivity contribution is 7.08. The number of amides is 3. The number of hydrogen-bond donors (Lipinski definition) is 1. The average Bonchev–Trinajstić information content (AvgIpc) is 3.31. The molecular formula is C19H21FN4O2S. The van der Waals surface area contributed by atoms with Gasteiger partial charge in [0.05, 0.1) is 23.5 Å². The number of likely N-dealkylation sites (tertiary alicyclic amines) is 1. The van der Waals surface area contributed by atoms with E-state index < -0.39 is 5.82 Å². The number of piperazine rings is 1. The Morgan fingerprint density at radius 1 is 1.26 bits per heavy atom. The molecule has 0 radical (unpaired) electrons. The van der Waals surface area contributed by atoms with Gasteiger partial charge in [0.15, 0.2) is 0 Å². The van der Waals surface area contributed by atoms with Gasteiger partial charge in [0.1, 0.15) is 5.82 Å². The van der Waals surface area contributed by atoms with Crippen molar-refractivity contribution in [3.8, 4) is 0 Å². The summed E-state index contributed by atoms with van der Waals surface area (Å²) in [7, 11) is 1.93. The second kappa shape index (κ2) is 6.94.